The Balaban J connectivity index is 2.15. The topological polar surface area (TPSA) is 86.7 Å². The molecule has 0 saturated carbocycles. The molecular formula is C18H18N2O4. The van der Waals surface area contributed by atoms with Gasteiger partial charge in [0.2, 0.25) is 11.8 Å². The molecule has 0 atom stereocenters. The van der Waals surface area contributed by atoms with E-state index >= 15 is 0 Å². The van der Waals surface area contributed by atoms with Crippen molar-refractivity contribution in [2.45, 2.75) is 13.3 Å². The van der Waals surface area contributed by atoms with Gasteiger partial charge in [-0.05, 0) is 29.8 Å². The van der Waals surface area contributed by atoms with Crippen molar-refractivity contribution >= 4 is 29.2 Å². The van der Waals surface area contributed by atoms with Crippen LogP contribution in [0.2, 0.25) is 0 Å². The van der Waals surface area contributed by atoms with Crippen molar-refractivity contribution in [2.75, 3.05) is 17.3 Å². The lowest BCUT2D eigenvalue weighted by Crippen LogP contribution is -2.25. The third-order valence-electron chi connectivity index (χ3n) is 3.55. The number of anilines is 2. The van der Waals surface area contributed by atoms with Gasteiger partial charge in [0.25, 0.3) is 0 Å². The van der Waals surface area contributed by atoms with Gasteiger partial charge < -0.3 is 15.3 Å². The van der Waals surface area contributed by atoms with Gasteiger partial charge in [0.15, 0.2) is 0 Å². The molecule has 0 spiro atoms. The SMILES string of the molecule is CC(=O)N(C)c1ccccc1NC(=O)Cc1cccc(C(=O)O)c1. The minimum Gasteiger partial charge on any atom is -0.478 e. The molecule has 0 bridgehead atoms. The van der Waals surface area contributed by atoms with Crippen molar-refractivity contribution in [1.82, 2.24) is 0 Å². The van der Waals surface area contributed by atoms with Crippen LogP contribution in [0.4, 0.5) is 11.4 Å². The monoisotopic (exact) mass is 326 g/mol. The van der Waals surface area contributed by atoms with Gasteiger partial charge in [0.1, 0.15) is 0 Å². The first-order valence-corrected chi connectivity index (χ1v) is 7.34. The maximum absolute atomic E-state index is 12.2. The fourth-order valence-electron chi connectivity index (χ4n) is 2.24. The Morgan fingerprint density at radius 2 is 1.79 bits per heavy atom. The molecule has 0 fully saturated rings. The zero-order chi connectivity index (χ0) is 17.7. The maximum atomic E-state index is 12.2. The summed E-state index contributed by atoms with van der Waals surface area (Å²) in [6.07, 6.45) is 0.0409. The highest BCUT2D eigenvalue weighted by atomic mass is 16.4. The Hall–Kier alpha value is -3.15. The van der Waals surface area contributed by atoms with Gasteiger partial charge in [-0.3, -0.25) is 9.59 Å². The lowest BCUT2D eigenvalue weighted by atomic mass is 10.1. The van der Waals surface area contributed by atoms with Gasteiger partial charge in [-0.25, -0.2) is 4.79 Å². The van der Waals surface area contributed by atoms with Gasteiger partial charge in [0, 0.05) is 14.0 Å². The lowest BCUT2D eigenvalue weighted by Gasteiger charge is -2.19. The summed E-state index contributed by atoms with van der Waals surface area (Å²) in [5, 5.41) is 11.8. The number of amides is 2. The van der Waals surface area contributed by atoms with Gasteiger partial charge in [-0.1, -0.05) is 24.3 Å². The molecule has 0 aromatic heterocycles. The summed E-state index contributed by atoms with van der Waals surface area (Å²) in [4.78, 5) is 36.2. The molecule has 0 unspecified atom stereocenters. The van der Waals surface area contributed by atoms with Crippen molar-refractivity contribution in [3.63, 3.8) is 0 Å². The molecule has 2 aromatic carbocycles. The van der Waals surface area contributed by atoms with Crippen LogP contribution in [-0.4, -0.2) is 29.9 Å². The molecule has 2 amide bonds. The van der Waals surface area contributed by atoms with Crippen LogP contribution in [-0.2, 0) is 16.0 Å². The zero-order valence-corrected chi connectivity index (χ0v) is 13.4. The first-order valence-electron chi connectivity index (χ1n) is 7.34. The normalized spacial score (nSPS) is 10.1. The van der Waals surface area contributed by atoms with E-state index < -0.39 is 5.97 Å². The van der Waals surface area contributed by atoms with Gasteiger partial charge in [-0.15, -0.1) is 0 Å². The van der Waals surface area contributed by atoms with Crippen LogP contribution in [0.1, 0.15) is 22.8 Å². The summed E-state index contributed by atoms with van der Waals surface area (Å²) in [6, 6.07) is 13.2. The van der Waals surface area contributed by atoms with Crippen LogP contribution >= 0.6 is 0 Å². The van der Waals surface area contributed by atoms with E-state index in [0.29, 0.717) is 16.9 Å². The molecule has 2 N–H and O–H groups in total. The number of carboxylic acids is 1. The second kappa shape index (κ2) is 7.41. The summed E-state index contributed by atoms with van der Waals surface area (Å²) in [7, 11) is 1.63. The van der Waals surface area contributed by atoms with E-state index in [1.54, 1.807) is 43.4 Å². The van der Waals surface area contributed by atoms with E-state index in [0.717, 1.165) is 0 Å². The van der Waals surface area contributed by atoms with E-state index in [1.807, 2.05) is 0 Å². The highest BCUT2D eigenvalue weighted by Crippen LogP contribution is 2.24. The van der Waals surface area contributed by atoms with Crippen molar-refractivity contribution in [1.29, 1.82) is 0 Å². The van der Waals surface area contributed by atoms with Gasteiger partial charge >= 0.3 is 5.97 Å². The van der Waals surface area contributed by atoms with Crippen molar-refractivity contribution in [2.24, 2.45) is 0 Å². The number of rotatable bonds is 5. The average Bonchev–Trinajstić information content (AvgIpc) is 2.54. The zero-order valence-electron chi connectivity index (χ0n) is 13.4. The Bertz CT molecular complexity index is 786. The number of aromatic carboxylic acids is 1. The largest absolute Gasteiger partial charge is 0.478 e. The van der Waals surface area contributed by atoms with E-state index in [2.05, 4.69) is 5.32 Å². The minimum atomic E-state index is -1.04. The molecule has 0 saturated heterocycles. The van der Waals surface area contributed by atoms with Crippen molar-refractivity contribution in [3.8, 4) is 0 Å². The highest BCUT2D eigenvalue weighted by Gasteiger charge is 2.13. The van der Waals surface area contributed by atoms with E-state index in [-0.39, 0.29) is 23.8 Å². The van der Waals surface area contributed by atoms with Crippen LogP contribution < -0.4 is 10.2 Å². The van der Waals surface area contributed by atoms with Crippen molar-refractivity contribution in [3.05, 3.63) is 59.7 Å². The average molecular weight is 326 g/mol. The molecule has 0 heterocycles. The third-order valence-corrected chi connectivity index (χ3v) is 3.55. The number of nitrogens with one attached hydrogen (secondary N) is 1. The number of para-hydroxylation sites is 2. The number of hydrogen-bond donors (Lipinski definition) is 2. The second-order valence-corrected chi connectivity index (χ2v) is 5.33. The predicted octanol–water partition coefficient (Wildman–Crippen LogP) is 2.55. The Morgan fingerprint density at radius 3 is 2.46 bits per heavy atom. The molecule has 2 rings (SSSR count). The molecule has 6 heteroatoms. The Labute approximate surface area is 139 Å². The molecule has 0 aliphatic carbocycles. The van der Waals surface area contributed by atoms with Crippen LogP contribution in [0.3, 0.4) is 0 Å². The van der Waals surface area contributed by atoms with Gasteiger partial charge in [-0.2, -0.15) is 0 Å². The minimum absolute atomic E-state index is 0.0409. The fourth-order valence-corrected chi connectivity index (χ4v) is 2.24. The van der Waals surface area contributed by atoms with Crippen LogP contribution in [0, 0.1) is 0 Å². The molecular weight excluding hydrogens is 308 g/mol. The van der Waals surface area contributed by atoms with E-state index in [4.69, 9.17) is 5.11 Å². The summed E-state index contributed by atoms with van der Waals surface area (Å²) in [5.74, 6) is -1.47. The first kappa shape index (κ1) is 17.2. The summed E-state index contributed by atoms with van der Waals surface area (Å²) in [5.41, 5.74) is 1.86. The smallest absolute Gasteiger partial charge is 0.335 e. The number of hydrogen-bond acceptors (Lipinski definition) is 3. The van der Waals surface area contributed by atoms with Crippen LogP contribution in [0.15, 0.2) is 48.5 Å². The third kappa shape index (κ3) is 4.19. The van der Waals surface area contributed by atoms with Crippen LogP contribution in [0.5, 0.6) is 0 Å². The molecule has 124 valence electrons. The van der Waals surface area contributed by atoms with Gasteiger partial charge in [0.05, 0.1) is 23.4 Å². The molecule has 0 aliphatic heterocycles. The number of carbonyl (C=O) groups excluding carboxylic acids is 2. The first-order chi connectivity index (χ1) is 11.4. The molecule has 0 aliphatic rings. The lowest BCUT2D eigenvalue weighted by molar-refractivity contribution is -0.117. The summed E-state index contributed by atoms with van der Waals surface area (Å²) < 4.78 is 0. The highest BCUT2D eigenvalue weighted by molar-refractivity contribution is 6.00. The van der Waals surface area contributed by atoms with Crippen LogP contribution in [0.25, 0.3) is 0 Å². The Kier molecular flexibility index (Phi) is 5.31. The molecule has 0 radical (unpaired) electrons. The molecule has 24 heavy (non-hydrogen) atoms. The predicted molar refractivity (Wildman–Crippen MR) is 91.3 cm³/mol. The molecule has 6 nitrogen and oxygen atoms in total. The number of nitrogens with zero attached hydrogens (tertiary/aromatic N) is 1. The maximum Gasteiger partial charge on any atom is 0.335 e. The summed E-state index contributed by atoms with van der Waals surface area (Å²) >= 11 is 0. The van der Waals surface area contributed by atoms with E-state index in [1.165, 1.54) is 24.0 Å². The fraction of sp³-hybridized carbons (Fsp3) is 0.167. The number of carboxylic acid groups (broad SMARTS) is 1. The number of benzene rings is 2. The summed E-state index contributed by atoms with van der Waals surface area (Å²) in [6.45, 7) is 1.44. The number of carbonyl (C=O) groups is 3. The second-order valence-electron chi connectivity index (χ2n) is 5.33. The van der Waals surface area contributed by atoms with Crippen molar-refractivity contribution < 1.29 is 19.5 Å². The standard InChI is InChI=1S/C18H18N2O4/c1-12(21)20(2)16-9-4-3-8-15(16)19-17(22)11-13-6-5-7-14(10-13)18(23)24/h3-10H,11H2,1-2H3,(H,19,22)(H,23,24). The van der Waals surface area contributed by atoms with E-state index in [9.17, 15) is 14.4 Å². The Morgan fingerprint density at radius 1 is 1.08 bits per heavy atom. The quantitative estimate of drug-likeness (QED) is 0.884. The molecule has 2 aromatic rings.